The molecule has 2 aliphatic heterocycles. The number of amides is 2. The van der Waals surface area contributed by atoms with E-state index in [4.69, 9.17) is 24.1 Å². The van der Waals surface area contributed by atoms with Crippen molar-refractivity contribution in [3.8, 4) is 23.0 Å². The predicted octanol–water partition coefficient (Wildman–Crippen LogP) is 5.09. The van der Waals surface area contributed by atoms with Crippen LogP contribution in [0.25, 0.3) is 0 Å². The Balaban J connectivity index is 1.39. The van der Waals surface area contributed by atoms with Gasteiger partial charge in [-0.2, -0.15) is 0 Å². The van der Waals surface area contributed by atoms with E-state index in [9.17, 15) is 24.3 Å². The number of hydrogen-bond acceptors (Lipinski definition) is 8. The van der Waals surface area contributed by atoms with Crippen LogP contribution < -0.4 is 18.9 Å². The van der Waals surface area contributed by atoms with Gasteiger partial charge < -0.3 is 39.0 Å². The summed E-state index contributed by atoms with van der Waals surface area (Å²) in [7, 11) is 3.10. The number of nitrogens with zero attached hydrogens (tertiary/aromatic N) is 2. The molecule has 0 saturated carbocycles. The maximum atomic E-state index is 13.0. The summed E-state index contributed by atoms with van der Waals surface area (Å²) in [6, 6.07) is 3.44. The summed E-state index contributed by atoms with van der Waals surface area (Å²) in [5, 5.41) is 18.4. The highest BCUT2D eigenvalue weighted by atomic mass is 79.9. The summed E-state index contributed by atoms with van der Waals surface area (Å²) in [5.41, 5.74) is 4.56. The minimum absolute atomic E-state index is 0.0593. The Kier molecular flexibility index (Phi) is 11.1. The monoisotopic (exact) mass is 704 g/mol. The number of carboxylic acids is 2. The number of methoxy groups -OCH3 is 2. The first kappa shape index (κ1) is 34.9. The van der Waals surface area contributed by atoms with Gasteiger partial charge in [-0.15, -0.1) is 0 Å². The molecule has 0 aliphatic carbocycles. The lowest BCUT2D eigenvalue weighted by molar-refractivity contribution is -0.146. The first-order chi connectivity index (χ1) is 21.8. The average Bonchev–Trinajstić information content (AvgIpc) is 3.59. The Morgan fingerprint density at radius 1 is 0.870 bits per heavy atom. The van der Waals surface area contributed by atoms with Crippen molar-refractivity contribution in [1.82, 2.24) is 9.80 Å². The molecule has 0 aromatic heterocycles. The molecule has 3 unspecified atom stereocenters. The second-order valence-corrected chi connectivity index (χ2v) is 12.6. The molecule has 2 heterocycles. The van der Waals surface area contributed by atoms with Gasteiger partial charge in [0.2, 0.25) is 11.8 Å². The third-order valence-corrected chi connectivity index (χ3v) is 9.48. The SMILES string of the molecule is COc1cc2c(cc1OCCCOc1c(C)c3c(c(Br)c1OC)CN(C(=O)CC(C)C(=O)O)C3C)CN(C(=O)CC(C)C(=O)O)C2. The molecule has 0 saturated heterocycles. The third kappa shape index (κ3) is 7.19. The molecule has 0 fully saturated rings. The number of carboxylic acid groups (broad SMARTS) is 2. The summed E-state index contributed by atoms with van der Waals surface area (Å²) in [6.45, 7) is 8.62. The van der Waals surface area contributed by atoms with E-state index in [-0.39, 0.29) is 30.7 Å². The van der Waals surface area contributed by atoms with Crippen molar-refractivity contribution in [3.05, 3.63) is 44.4 Å². The number of hydrogen-bond donors (Lipinski definition) is 2. The summed E-state index contributed by atoms with van der Waals surface area (Å²) < 4.78 is 24.2. The van der Waals surface area contributed by atoms with E-state index < -0.39 is 23.8 Å². The number of aliphatic carboxylic acids is 2. The lowest BCUT2D eigenvalue weighted by Gasteiger charge is -2.24. The highest BCUT2D eigenvalue weighted by molar-refractivity contribution is 9.10. The number of carbonyl (C=O) groups excluding carboxylic acids is 2. The first-order valence-electron chi connectivity index (χ1n) is 15.2. The molecule has 2 N–H and O–H groups in total. The zero-order chi connectivity index (χ0) is 33.9. The van der Waals surface area contributed by atoms with E-state index >= 15 is 0 Å². The van der Waals surface area contributed by atoms with Gasteiger partial charge in [-0.25, -0.2) is 0 Å². The molecule has 0 spiro atoms. The van der Waals surface area contributed by atoms with Gasteiger partial charge in [-0.1, -0.05) is 13.8 Å². The van der Waals surface area contributed by atoms with Crippen LogP contribution in [0.2, 0.25) is 0 Å². The predicted molar refractivity (Wildman–Crippen MR) is 170 cm³/mol. The maximum Gasteiger partial charge on any atom is 0.306 e. The summed E-state index contributed by atoms with van der Waals surface area (Å²) in [5.74, 6) is -1.81. The zero-order valence-corrected chi connectivity index (χ0v) is 28.6. The van der Waals surface area contributed by atoms with E-state index in [1.165, 1.54) is 13.8 Å². The number of ether oxygens (including phenoxy) is 4. The van der Waals surface area contributed by atoms with E-state index in [1.807, 2.05) is 26.0 Å². The van der Waals surface area contributed by atoms with Crippen LogP contribution in [-0.4, -0.2) is 71.2 Å². The van der Waals surface area contributed by atoms with Crippen molar-refractivity contribution in [2.24, 2.45) is 11.8 Å². The largest absolute Gasteiger partial charge is 0.493 e. The molecule has 2 aliphatic rings. The zero-order valence-electron chi connectivity index (χ0n) is 27.0. The minimum Gasteiger partial charge on any atom is -0.493 e. The number of fused-ring (bicyclic) bond motifs is 2. The lowest BCUT2D eigenvalue weighted by atomic mass is 9.98. The molecule has 250 valence electrons. The van der Waals surface area contributed by atoms with E-state index in [1.54, 1.807) is 24.0 Å². The number of carbonyl (C=O) groups is 4. The number of halogens is 1. The van der Waals surface area contributed by atoms with Gasteiger partial charge in [0.15, 0.2) is 23.0 Å². The van der Waals surface area contributed by atoms with Gasteiger partial charge in [-0.05, 0) is 64.2 Å². The Bertz CT molecular complexity index is 1530. The second kappa shape index (κ2) is 14.6. The Labute approximate surface area is 276 Å². The highest BCUT2D eigenvalue weighted by Gasteiger charge is 2.37. The van der Waals surface area contributed by atoms with Crippen LogP contribution in [-0.2, 0) is 38.8 Å². The third-order valence-electron chi connectivity index (χ3n) is 8.64. The summed E-state index contributed by atoms with van der Waals surface area (Å²) >= 11 is 3.65. The molecule has 3 atom stereocenters. The van der Waals surface area contributed by atoms with Crippen LogP contribution in [0.4, 0.5) is 0 Å². The van der Waals surface area contributed by atoms with Crippen molar-refractivity contribution in [3.63, 3.8) is 0 Å². The van der Waals surface area contributed by atoms with Crippen LogP contribution in [0.3, 0.4) is 0 Å². The Morgan fingerprint density at radius 3 is 2.00 bits per heavy atom. The Hall–Kier alpha value is -4.00. The Morgan fingerprint density at radius 2 is 1.43 bits per heavy atom. The van der Waals surface area contributed by atoms with Crippen molar-refractivity contribution < 1.29 is 48.3 Å². The molecule has 0 bridgehead atoms. The van der Waals surface area contributed by atoms with Crippen LogP contribution in [0.1, 0.15) is 73.9 Å². The second-order valence-electron chi connectivity index (χ2n) is 11.9. The van der Waals surface area contributed by atoms with Gasteiger partial charge in [0.25, 0.3) is 0 Å². The van der Waals surface area contributed by atoms with Crippen molar-refractivity contribution in [1.29, 1.82) is 0 Å². The van der Waals surface area contributed by atoms with Crippen molar-refractivity contribution in [2.75, 3.05) is 27.4 Å². The smallest absolute Gasteiger partial charge is 0.306 e. The molecule has 13 heteroatoms. The molecule has 0 radical (unpaired) electrons. The topological polar surface area (TPSA) is 152 Å². The fourth-order valence-electron chi connectivity index (χ4n) is 5.93. The quantitative estimate of drug-likeness (QED) is 0.254. The number of benzene rings is 2. The molecule has 46 heavy (non-hydrogen) atoms. The molecule has 2 amide bonds. The van der Waals surface area contributed by atoms with E-state index in [0.29, 0.717) is 66.7 Å². The molecule has 4 rings (SSSR count). The van der Waals surface area contributed by atoms with Crippen molar-refractivity contribution >= 4 is 39.7 Å². The van der Waals surface area contributed by atoms with Gasteiger partial charge in [0.05, 0.1) is 49.8 Å². The molecule has 2 aromatic carbocycles. The standard InChI is InChI=1S/C33H41BrN2O10/c1-17(32(39)40)10-26(37)35-14-21-12-24(43-5)25(13-22(21)15-35)45-8-7-9-46-30-19(3)28-20(4)36(27(38)11-18(2)33(41)42)16-23(28)29(34)31(30)44-6/h12-13,17-18,20H,7-11,14-16H2,1-6H3,(H,39,40)(H,41,42). The first-order valence-corrected chi connectivity index (χ1v) is 15.9. The lowest BCUT2D eigenvalue weighted by Crippen LogP contribution is -2.31. The van der Waals surface area contributed by atoms with Gasteiger partial charge in [-0.3, -0.25) is 19.2 Å². The van der Waals surface area contributed by atoms with Gasteiger partial charge in [0.1, 0.15) is 0 Å². The molecular formula is C33H41BrN2O10. The van der Waals surface area contributed by atoms with Crippen molar-refractivity contribution in [2.45, 2.75) is 72.6 Å². The summed E-state index contributed by atoms with van der Waals surface area (Å²) in [4.78, 5) is 51.5. The van der Waals surface area contributed by atoms with Crippen LogP contribution >= 0.6 is 15.9 Å². The van der Waals surface area contributed by atoms with E-state index in [2.05, 4.69) is 15.9 Å². The normalized spacial score (nSPS) is 16.4. The highest BCUT2D eigenvalue weighted by Crippen LogP contribution is 2.50. The van der Waals surface area contributed by atoms with Crippen LogP contribution in [0.15, 0.2) is 16.6 Å². The van der Waals surface area contributed by atoms with Gasteiger partial charge >= 0.3 is 11.9 Å². The summed E-state index contributed by atoms with van der Waals surface area (Å²) in [6.07, 6.45) is 0.390. The molecule has 2 aromatic rings. The number of rotatable bonds is 14. The molecular weight excluding hydrogens is 664 g/mol. The maximum absolute atomic E-state index is 13.0. The fourth-order valence-corrected chi connectivity index (χ4v) is 6.61. The fraction of sp³-hybridized carbons (Fsp3) is 0.515. The van der Waals surface area contributed by atoms with E-state index in [0.717, 1.165) is 27.8 Å². The average molecular weight is 706 g/mol. The van der Waals surface area contributed by atoms with Crippen LogP contribution in [0, 0.1) is 18.8 Å². The minimum atomic E-state index is -1.01. The molecule has 12 nitrogen and oxygen atoms in total. The van der Waals surface area contributed by atoms with Crippen LogP contribution in [0.5, 0.6) is 23.0 Å². The van der Waals surface area contributed by atoms with Gasteiger partial charge in [0, 0.05) is 44.5 Å².